The number of carboxylic acids is 1. The summed E-state index contributed by atoms with van der Waals surface area (Å²) in [6.45, 7) is 1.98. The fourth-order valence-corrected chi connectivity index (χ4v) is 1.50. The van der Waals surface area contributed by atoms with E-state index in [9.17, 15) is 9.59 Å². The lowest BCUT2D eigenvalue weighted by atomic mass is 10.4. The molecule has 6 nitrogen and oxygen atoms in total. The van der Waals surface area contributed by atoms with Crippen LogP contribution in [-0.4, -0.2) is 28.6 Å². The van der Waals surface area contributed by atoms with Crippen molar-refractivity contribution in [2.75, 3.05) is 11.9 Å². The average Bonchev–Trinajstić information content (AvgIpc) is 2.50. The number of hydrogen-bond donors (Lipinski definition) is 3. The van der Waals surface area contributed by atoms with Gasteiger partial charge in [0, 0.05) is 17.6 Å². The van der Waals surface area contributed by atoms with Gasteiger partial charge in [-0.25, -0.2) is 9.78 Å². The van der Waals surface area contributed by atoms with Crippen molar-refractivity contribution in [3.63, 3.8) is 0 Å². The summed E-state index contributed by atoms with van der Waals surface area (Å²) < 4.78 is 0. The molecule has 82 valence electrons. The first kappa shape index (κ1) is 11.4. The zero-order valence-corrected chi connectivity index (χ0v) is 8.93. The summed E-state index contributed by atoms with van der Waals surface area (Å²) in [4.78, 5) is 26.2. The Morgan fingerprint density at radius 2 is 2.33 bits per heavy atom. The Morgan fingerprint density at radius 1 is 1.60 bits per heavy atom. The zero-order chi connectivity index (χ0) is 11.3. The molecule has 1 aromatic rings. The van der Waals surface area contributed by atoms with E-state index in [4.69, 9.17) is 5.11 Å². The van der Waals surface area contributed by atoms with Crippen LogP contribution in [0.25, 0.3) is 0 Å². The summed E-state index contributed by atoms with van der Waals surface area (Å²) in [5.41, 5.74) is 0. The van der Waals surface area contributed by atoms with Crippen molar-refractivity contribution < 1.29 is 14.7 Å². The third-order valence-corrected chi connectivity index (χ3v) is 2.29. The summed E-state index contributed by atoms with van der Waals surface area (Å²) in [5, 5.41) is 13.7. The maximum Gasteiger partial charge on any atom is 0.321 e. The number of carbonyl (C=O) groups excluding carboxylic acids is 1. The fraction of sp³-hybridized carbons (Fsp3) is 0.375. The molecule has 1 rings (SSSR count). The third kappa shape index (κ3) is 4.41. The van der Waals surface area contributed by atoms with Crippen molar-refractivity contribution in [3.05, 3.63) is 11.1 Å². The standard InChI is InChI=1S/C8H11N3O3S/c1-5-4-10-8(15-5)11-7(14)9-3-2-6(12)13/h4H,2-3H2,1H3,(H,12,13)(H2,9,10,11,14). The van der Waals surface area contributed by atoms with Crippen molar-refractivity contribution in [2.24, 2.45) is 0 Å². The third-order valence-electron chi connectivity index (χ3n) is 1.47. The average molecular weight is 229 g/mol. The van der Waals surface area contributed by atoms with Gasteiger partial charge in [0.15, 0.2) is 5.13 Å². The first-order chi connectivity index (χ1) is 7.08. The second-order valence-electron chi connectivity index (χ2n) is 2.80. The minimum Gasteiger partial charge on any atom is -0.481 e. The molecule has 15 heavy (non-hydrogen) atoms. The lowest BCUT2D eigenvalue weighted by Gasteiger charge is -2.02. The summed E-state index contributed by atoms with van der Waals surface area (Å²) in [6, 6.07) is -0.439. The highest BCUT2D eigenvalue weighted by molar-refractivity contribution is 7.15. The maximum absolute atomic E-state index is 11.2. The van der Waals surface area contributed by atoms with Crippen LogP contribution in [0.3, 0.4) is 0 Å². The number of aryl methyl sites for hydroxylation is 1. The van der Waals surface area contributed by atoms with Crippen molar-refractivity contribution in [1.82, 2.24) is 10.3 Å². The Hall–Kier alpha value is -1.63. The van der Waals surface area contributed by atoms with Crippen molar-refractivity contribution >= 4 is 28.5 Å². The molecule has 0 radical (unpaired) electrons. The molecule has 0 saturated heterocycles. The summed E-state index contributed by atoms with van der Waals surface area (Å²) >= 11 is 1.36. The van der Waals surface area contributed by atoms with Crippen LogP contribution < -0.4 is 10.6 Å². The SMILES string of the molecule is Cc1cnc(NC(=O)NCCC(=O)O)s1. The van der Waals surface area contributed by atoms with E-state index in [1.54, 1.807) is 6.20 Å². The van der Waals surface area contributed by atoms with Gasteiger partial charge in [-0.1, -0.05) is 0 Å². The van der Waals surface area contributed by atoms with Crippen molar-refractivity contribution in [1.29, 1.82) is 0 Å². The number of nitrogens with one attached hydrogen (secondary N) is 2. The molecular formula is C8H11N3O3S. The molecule has 0 saturated carbocycles. The number of carbonyl (C=O) groups is 2. The van der Waals surface area contributed by atoms with Gasteiger partial charge in [0.25, 0.3) is 0 Å². The Labute approximate surface area is 90.3 Å². The molecule has 2 amide bonds. The molecule has 0 spiro atoms. The highest BCUT2D eigenvalue weighted by atomic mass is 32.1. The minimum atomic E-state index is -0.944. The van der Waals surface area contributed by atoms with Gasteiger partial charge in [0.2, 0.25) is 0 Å². The molecule has 0 aliphatic carbocycles. The number of amides is 2. The first-order valence-corrected chi connectivity index (χ1v) is 5.08. The van der Waals surface area contributed by atoms with Gasteiger partial charge in [-0.05, 0) is 6.92 Å². The fourth-order valence-electron chi connectivity index (χ4n) is 0.837. The van der Waals surface area contributed by atoms with E-state index in [2.05, 4.69) is 15.6 Å². The van der Waals surface area contributed by atoms with E-state index in [-0.39, 0.29) is 13.0 Å². The largest absolute Gasteiger partial charge is 0.481 e. The predicted octanol–water partition coefficient (Wildman–Crippen LogP) is 1.05. The molecular weight excluding hydrogens is 218 g/mol. The van der Waals surface area contributed by atoms with Gasteiger partial charge in [-0.3, -0.25) is 10.1 Å². The summed E-state index contributed by atoms with van der Waals surface area (Å²) in [7, 11) is 0. The Bertz CT molecular complexity index is 364. The molecule has 0 bridgehead atoms. The van der Waals surface area contributed by atoms with Crippen LogP contribution in [0, 0.1) is 6.92 Å². The van der Waals surface area contributed by atoms with Gasteiger partial charge in [-0.2, -0.15) is 0 Å². The van der Waals surface area contributed by atoms with Crippen LogP contribution >= 0.6 is 11.3 Å². The lowest BCUT2D eigenvalue weighted by molar-refractivity contribution is -0.136. The van der Waals surface area contributed by atoms with Gasteiger partial charge in [-0.15, -0.1) is 11.3 Å². The number of thiazole rings is 1. The smallest absolute Gasteiger partial charge is 0.321 e. The molecule has 0 aliphatic rings. The van der Waals surface area contributed by atoms with Gasteiger partial charge >= 0.3 is 12.0 Å². The van der Waals surface area contributed by atoms with Crippen molar-refractivity contribution in [2.45, 2.75) is 13.3 Å². The van der Waals surface area contributed by atoms with E-state index in [1.807, 2.05) is 6.92 Å². The molecule has 0 aromatic carbocycles. The van der Waals surface area contributed by atoms with E-state index < -0.39 is 12.0 Å². The molecule has 0 atom stereocenters. The molecule has 7 heteroatoms. The lowest BCUT2D eigenvalue weighted by Crippen LogP contribution is -2.30. The zero-order valence-electron chi connectivity index (χ0n) is 8.11. The summed E-state index contributed by atoms with van der Waals surface area (Å²) in [5.74, 6) is -0.944. The number of hydrogen-bond acceptors (Lipinski definition) is 4. The highest BCUT2D eigenvalue weighted by Crippen LogP contribution is 2.15. The monoisotopic (exact) mass is 229 g/mol. The number of nitrogens with zero attached hydrogens (tertiary/aromatic N) is 1. The molecule has 0 aliphatic heterocycles. The molecule has 1 aromatic heterocycles. The van der Waals surface area contributed by atoms with E-state index in [0.717, 1.165) is 4.88 Å². The van der Waals surface area contributed by atoms with Crippen molar-refractivity contribution in [3.8, 4) is 0 Å². The molecule has 1 heterocycles. The Balaban J connectivity index is 2.27. The highest BCUT2D eigenvalue weighted by Gasteiger charge is 2.04. The van der Waals surface area contributed by atoms with Crippen LogP contribution in [0.1, 0.15) is 11.3 Å². The minimum absolute atomic E-state index is 0.0929. The second kappa shape index (κ2) is 5.30. The second-order valence-corrected chi connectivity index (χ2v) is 4.04. The number of aliphatic carboxylic acids is 1. The van der Waals surface area contributed by atoms with Gasteiger partial charge in [0.1, 0.15) is 0 Å². The predicted molar refractivity (Wildman–Crippen MR) is 56.1 cm³/mol. The topological polar surface area (TPSA) is 91.3 Å². The Morgan fingerprint density at radius 3 is 2.87 bits per heavy atom. The van der Waals surface area contributed by atoms with E-state index in [1.165, 1.54) is 11.3 Å². The van der Waals surface area contributed by atoms with Crippen LogP contribution in [-0.2, 0) is 4.79 Å². The first-order valence-electron chi connectivity index (χ1n) is 4.27. The quantitative estimate of drug-likeness (QED) is 0.719. The molecule has 3 N–H and O–H groups in total. The number of urea groups is 1. The maximum atomic E-state index is 11.2. The summed E-state index contributed by atoms with van der Waals surface area (Å²) in [6.07, 6.45) is 1.56. The Kier molecular flexibility index (Phi) is 4.04. The number of anilines is 1. The number of aromatic nitrogens is 1. The van der Waals surface area contributed by atoms with Crippen LogP contribution in [0.4, 0.5) is 9.93 Å². The van der Waals surface area contributed by atoms with E-state index >= 15 is 0 Å². The number of carboxylic acid groups (broad SMARTS) is 1. The van der Waals surface area contributed by atoms with Gasteiger partial charge < -0.3 is 10.4 Å². The van der Waals surface area contributed by atoms with Gasteiger partial charge in [0.05, 0.1) is 6.42 Å². The van der Waals surface area contributed by atoms with Crippen LogP contribution in [0.5, 0.6) is 0 Å². The molecule has 0 unspecified atom stereocenters. The normalized spacial score (nSPS) is 9.67. The van der Waals surface area contributed by atoms with E-state index in [0.29, 0.717) is 5.13 Å². The van der Waals surface area contributed by atoms with Crippen LogP contribution in [0.15, 0.2) is 6.20 Å². The van der Waals surface area contributed by atoms with Crippen LogP contribution in [0.2, 0.25) is 0 Å². The molecule has 0 fully saturated rings. The number of rotatable bonds is 4.